The fraction of sp³-hybridized carbons (Fsp3) is 0.342. The van der Waals surface area contributed by atoms with E-state index in [2.05, 4.69) is 15.6 Å². The predicted molar refractivity (Wildman–Crippen MR) is 184 cm³/mol. The largest absolute Gasteiger partial charge is 0.493 e. The third-order valence-electron chi connectivity index (χ3n) is 8.28. The number of carbonyl (C=O) groups is 2. The zero-order valence-electron chi connectivity index (χ0n) is 29.1. The van der Waals surface area contributed by atoms with E-state index in [-0.39, 0.29) is 54.5 Å². The van der Waals surface area contributed by atoms with E-state index < -0.39 is 53.4 Å². The molecule has 4 rings (SSSR count). The van der Waals surface area contributed by atoms with Crippen molar-refractivity contribution in [2.24, 2.45) is 0 Å². The molecule has 4 aromatic rings. The molecule has 0 saturated carbocycles. The zero-order valence-corrected chi connectivity index (χ0v) is 29.1. The van der Waals surface area contributed by atoms with Crippen LogP contribution < -0.4 is 20.1 Å². The van der Waals surface area contributed by atoms with E-state index in [1.165, 1.54) is 50.4 Å². The first kappa shape index (κ1) is 39.6. The van der Waals surface area contributed by atoms with Gasteiger partial charge in [-0.2, -0.15) is 13.2 Å². The fourth-order valence-electron chi connectivity index (χ4n) is 5.08. The van der Waals surface area contributed by atoms with Crippen molar-refractivity contribution in [1.29, 1.82) is 0 Å². The number of carbonyl (C=O) groups excluding carboxylic acids is 2. The third-order valence-corrected chi connectivity index (χ3v) is 8.28. The van der Waals surface area contributed by atoms with Crippen LogP contribution in [0.15, 0.2) is 84.9 Å². The van der Waals surface area contributed by atoms with Crippen LogP contribution >= 0.6 is 0 Å². The normalized spacial score (nSPS) is 13.4. The highest BCUT2D eigenvalue weighted by Gasteiger charge is 2.56. The third kappa shape index (κ3) is 10.2. The first-order chi connectivity index (χ1) is 24.5. The van der Waals surface area contributed by atoms with E-state index in [0.29, 0.717) is 5.56 Å². The average molecular weight is 728 g/mol. The number of hydrogen-bond acceptors (Lipinski definition) is 8. The molecule has 1 aromatic heterocycles. The average Bonchev–Trinajstić information content (AvgIpc) is 3.11. The summed E-state index contributed by atoms with van der Waals surface area (Å²) in [6, 6.07) is 20.6. The lowest BCUT2D eigenvalue weighted by molar-refractivity contribution is -0.265. The summed E-state index contributed by atoms with van der Waals surface area (Å²) in [5.41, 5.74) is -4.06. The Labute approximate surface area is 298 Å². The molecule has 0 bridgehead atoms. The molecule has 0 fully saturated rings. The highest BCUT2D eigenvalue weighted by Crippen LogP contribution is 2.41. The van der Waals surface area contributed by atoms with E-state index >= 15 is 0 Å². The van der Waals surface area contributed by atoms with Crippen LogP contribution in [0.5, 0.6) is 11.5 Å². The number of aliphatic hydroxyl groups excluding tert-OH is 1. The molecule has 0 aliphatic carbocycles. The van der Waals surface area contributed by atoms with Crippen molar-refractivity contribution >= 4 is 12.0 Å². The lowest BCUT2D eigenvalue weighted by Gasteiger charge is -2.33. The lowest BCUT2D eigenvalue weighted by atomic mass is 9.80. The van der Waals surface area contributed by atoms with Gasteiger partial charge in [-0.25, -0.2) is 14.2 Å². The Morgan fingerprint density at radius 1 is 0.923 bits per heavy atom. The molecule has 0 aliphatic heterocycles. The minimum absolute atomic E-state index is 0.0160. The number of halogens is 4. The zero-order chi connectivity index (χ0) is 38.1. The van der Waals surface area contributed by atoms with E-state index in [9.17, 15) is 37.4 Å². The minimum atomic E-state index is -5.32. The molecule has 14 heteroatoms. The van der Waals surface area contributed by atoms with Crippen LogP contribution in [0.2, 0.25) is 0 Å². The van der Waals surface area contributed by atoms with Crippen LogP contribution in [-0.4, -0.2) is 66.3 Å². The van der Waals surface area contributed by atoms with Crippen molar-refractivity contribution in [3.63, 3.8) is 0 Å². The van der Waals surface area contributed by atoms with Crippen LogP contribution in [0.3, 0.4) is 0 Å². The molecule has 52 heavy (non-hydrogen) atoms. The van der Waals surface area contributed by atoms with Crippen molar-refractivity contribution in [2.75, 3.05) is 26.8 Å². The molecular formula is C38H41F4N3O7. The van der Waals surface area contributed by atoms with Crippen LogP contribution in [0.4, 0.5) is 22.4 Å². The number of aromatic nitrogens is 1. The second kappa shape index (κ2) is 16.9. The van der Waals surface area contributed by atoms with E-state index in [1.54, 1.807) is 26.0 Å². The predicted octanol–water partition coefficient (Wildman–Crippen LogP) is 6.43. The van der Waals surface area contributed by atoms with Gasteiger partial charge >= 0.3 is 12.3 Å². The Bertz CT molecular complexity index is 1820. The number of pyridine rings is 1. The summed E-state index contributed by atoms with van der Waals surface area (Å²) >= 11 is 0. The molecule has 278 valence electrons. The number of nitrogens with one attached hydrogen (secondary N) is 2. The Morgan fingerprint density at radius 2 is 1.62 bits per heavy atom. The molecule has 1 unspecified atom stereocenters. The number of ether oxygens (including phenoxy) is 3. The van der Waals surface area contributed by atoms with E-state index in [0.717, 1.165) is 23.8 Å². The molecule has 10 nitrogen and oxygen atoms in total. The Kier molecular flexibility index (Phi) is 12.8. The molecular weight excluding hydrogens is 686 g/mol. The maximum Gasteiger partial charge on any atom is 0.424 e. The number of amides is 2. The quantitative estimate of drug-likeness (QED) is 0.103. The van der Waals surface area contributed by atoms with Gasteiger partial charge in [0.2, 0.25) is 5.60 Å². The number of aliphatic hydroxyl groups is 2. The number of nitrogens with zero attached hydrogens (tertiary/aromatic N) is 1. The summed E-state index contributed by atoms with van der Waals surface area (Å²) in [6.07, 6.45) is -6.56. The van der Waals surface area contributed by atoms with Crippen molar-refractivity contribution < 1.29 is 51.6 Å². The monoisotopic (exact) mass is 727 g/mol. The highest BCUT2D eigenvalue weighted by molar-refractivity contribution is 5.95. The van der Waals surface area contributed by atoms with Crippen LogP contribution in [0, 0.1) is 5.82 Å². The SMILES string of the molecule is COc1cc(C(=O)NCC(O)(c2cc(C(C)(C)CCNC(=O)OCc3ccccc3)cc(-c3ccc(F)cc3)n2)C(F)(F)F)ccc1OC[C@@H](C)O. The smallest absolute Gasteiger partial charge is 0.424 e. The van der Waals surface area contributed by atoms with E-state index in [4.69, 9.17) is 14.2 Å². The van der Waals surface area contributed by atoms with Gasteiger partial charge in [-0.1, -0.05) is 44.2 Å². The molecule has 1 heterocycles. The molecule has 3 aromatic carbocycles. The first-order valence-corrected chi connectivity index (χ1v) is 16.3. The van der Waals surface area contributed by atoms with E-state index in [1.807, 2.05) is 18.2 Å². The van der Waals surface area contributed by atoms with Crippen molar-refractivity contribution in [3.8, 4) is 22.8 Å². The standard InChI is InChI=1S/C38H41F4N3O7/c1-24(46)21-51-31-15-12-27(18-32(31)50-4)34(47)44-23-37(49,38(40,41)42)33-20-28(19-30(45-33)26-10-13-29(39)14-11-26)36(2,3)16-17-43-35(48)52-22-25-8-6-5-7-9-25/h5-15,18-20,24,46,49H,16-17,21-23H2,1-4H3,(H,43,48)(H,44,47)/t24-,37?/m1/s1. The second-order valence-electron chi connectivity index (χ2n) is 12.8. The molecule has 0 spiro atoms. The van der Waals surface area contributed by atoms with Crippen molar-refractivity contribution in [2.45, 2.75) is 57.1 Å². The first-order valence-electron chi connectivity index (χ1n) is 16.3. The number of benzene rings is 3. The van der Waals surface area contributed by atoms with Gasteiger partial charge < -0.3 is 35.1 Å². The molecule has 0 aliphatic rings. The number of hydrogen-bond donors (Lipinski definition) is 4. The fourth-order valence-corrected chi connectivity index (χ4v) is 5.08. The molecule has 2 amide bonds. The van der Waals surface area contributed by atoms with Gasteiger partial charge in [0.05, 0.1) is 31.1 Å². The van der Waals surface area contributed by atoms with Crippen LogP contribution in [0.25, 0.3) is 11.3 Å². The maximum atomic E-state index is 14.9. The second-order valence-corrected chi connectivity index (χ2v) is 12.8. The summed E-state index contributed by atoms with van der Waals surface area (Å²) in [4.78, 5) is 29.6. The summed E-state index contributed by atoms with van der Waals surface area (Å²) in [5.74, 6) is -1.23. The molecule has 0 saturated heterocycles. The molecule has 4 N–H and O–H groups in total. The minimum Gasteiger partial charge on any atom is -0.493 e. The van der Waals surface area contributed by atoms with Crippen LogP contribution in [-0.2, 0) is 22.4 Å². The molecule has 0 radical (unpaired) electrons. The number of rotatable bonds is 15. The Hall–Kier alpha value is -5.21. The topological polar surface area (TPSA) is 139 Å². The van der Waals surface area contributed by atoms with Crippen molar-refractivity contribution in [3.05, 3.63) is 113 Å². The van der Waals surface area contributed by atoms with Gasteiger partial charge in [0.25, 0.3) is 5.91 Å². The number of alkyl halides is 3. The van der Waals surface area contributed by atoms with Gasteiger partial charge in [-0.05, 0) is 84.5 Å². The van der Waals surface area contributed by atoms with Gasteiger partial charge in [0, 0.05) is 17.7 Å². The van der Waals surface area contributed by atoms with Gasteiger partial charge in [-0.3, -0.25) is 4.79 Å². The Morgan fingerprint density at radius 3 is 2.25 bits per heavy atom. The van der Waals surface area contributed by atoms with Gasteiger partial charge in [-0.15, -0.1) is 0 Å². The maximum absolute atomic E-state index is 14.9. The van der Waals surface area contributed by atoms with Gasteiger partial charge in [0.1, 0.15) is 19.0 Å². The Balaban J connectivity index is 1.60. The number of methoxy groups -OCH3 is 1. The summed E-state index contributed by atoms with van der Waals surface area (Å²) in [7, 11) is 1.31. The summed E-state index contributed by atoms with van der Waals surface area (Å²) in [5, 5.41) is 25.7. The van der Waals surface area contributed by atoms with Crippen LogP contribution in [0.1, 0.15) is 54.4 Å². The number of alkyl carbamates (subject to hydrolysis) is 1. The highest BCUT2D eigenvalue weighted by atomic mass is 19.4. The summed E-state index contributed by atoms with van der Waals surface area (Å²) < 4.78 is 74.3. The summed E-state index contributed by atoms with van der Waals surface area (Å²) in [6.45, 7) is 3.76. The lowest BCUT2D eigenvalue weighted by Crippen LogP contribution is -2.51. The van der Waals surface area contributed by atoms with Gasteiger partial charge in [0.15, 0.2) is 11.5 Å². The van der Waals surface area contributed by atoms with Crippen molar-refractivity contribution in [1.82, 2.24) is 15.6 Å². The molecule has 2 atom stereocenters.